The number of hydrogen-bond acceptors (Lipinski definition) is 1. The van der Waals surface area contributed by atoms with Gasteiger partial charge < -0.3 is 4.90 Å². The van der Waals surface area contributed by atoms with Gasteiger partial charge in [0.2, 0.25) is 5.91 Å². The topological polar surface area (TPSA) is 20.3 Å². The third-order valence-corrected chi connectivity index (χ3v) is 4.16. The molecule has 16 heavy (non-hydrogen) atoms. The normalized spacial score (nSPS) is 16.4. The van der Waals surface area contributed by atoms with E-state index in [9.17, 15) is 4.79 Å². The second kappa shape index (κ2) is 5.17. The van der Waals surface area contributed by atoms with Crippen LogP contribution in [0.5, 0.6) is 0 Å². The van der Waals surface area contributed by atoms with Crippen LogP contribution in [0.4, 0.5) is 5.69 Å². The molecule has 1 aromatic carbocycles. The van der Waals surface area contributed by atoms with Gasteiger partial charge in [0.1, 0.15) is 0 Å². The summed E-state index contributed by atoms with van der Waals surface area (Å²) in [5, 5.41) is 0. The monoisotopic (exact) mass is 329 g/mol. The lowest BCUT2D eigenvalue weighted by Crippen LogP contribution is -2.32. The number of rotatable bonds is 2. The molecular formula is C13H16INO. The Balaban J connectivity index is 2.15. The van der Waals surface area contributed by atoms with Crippen LogP contribution in [0.15, 0.2) is 24.3 Å². The van der Waals surface area contributed by atoms with Gasteiger partial charge in [0.05, 0.1) is 5.69 Å². The van der Waals surface area contributed by atoms with Gasteiger partial charge in [-0.3, -0.25) is 4.79 Å². The number of carbonyl (C=O) groups is 1. The minimum absolute atomic E-state index is 0.251. The smallest absolute Gasteiger partial charge is 0.229 e. The highest BCUT2D eigenvalue weighted by atomic mass is 127. The zero-order chi connectivity index (χ0) is 11.5. The first-order valence-electron chi connectivity index (χ1n) is 5.72. The van der Waals surface area contributed by atoms with Crippen molar-refractivity contribution < 1.29 is 4.79 Å². The Labute approximate surface area is 110 Å². The van der Waals surface area contributed by atoms with Crippen molar-refractivity contribution in [1.29, 1.82) is 0 Å². The Hall–Kier alpha value is -0.580. The lowest BCUT2D eigenvalue weighted by molar-refractivity contribution is -0.121. The second-order valence-corrected chi connectivity index (χ2v) is 5.49. The summed E-state index contributed by atoms with van der Waals surface area (Å²) in [6.45, 7) is 0. The molecule has 0 radical (unpaired) electrons. The number of halogens is 1. The van der Waals surface area contributed by atoms with Gasteiger partial charge >= 0.3 is 0 Å². The first-order valence-corrected chi connectivity index (χ1v) is 6.80. The van der Waals surface area contributed by atoms with E-state index < -0.39 is 0 Å². The van der Waals surface area contributed by atoms with Gasteiger partial charge in [0.25, 0.3) is 0 Å². The van der Waals surface area contributed by atoms with Crippen molar-refractivity contribution in [3.05, 3.63) is 27.8 Å². The number of amides is 1. The molecule has 0 N–H and O–H groups in total. The molecule has 0 spiro atoms. The van der Waals surface area contributed by atoms with Crippen LogP contribution in [0, 0.1) is 9.49 Å². The van der Waals surface area contributed by atoms with E-state index in [2.05, 4.69) is 22.6 Å². The van der Waals surface area contributed by atoms with E-state index in [0.29, 0.717) is 0 Å². The van der Waals surface area contributed by atoms with E-state index in [1.165, 1.54) is 12.8 Å². The molecule has 1 fully saturated rings. The highest BCUT2D eigenvalue weighted by Crippen LogP contribution is 2.29. The third-order valence-electron chi connectivity index (χ3n) is 3.25. The van der Waals surface area contributed by atoms with Crippen LogP contribution in [0.1, 0.15) is 25.7 Å². The summed E-state index contributed by atoms with van der Waals surface area (Å²) in [5.74, 6) is 0.530. The molecule has 86 valence electrons. The van der Waals surface area contributed by atoms with Gasteiger partial charge in [-0.25, -0.2) is 0 Å². The summed E-state index contributed by atoms with van der Waals surface area (Å²) in [6, 6.07) is 8.03. The Morgan fingerprint density at radius 2 is 1.94 bits per heavy atom. The Kier molecular flexibility index (Phi) is 3.84. The molecule has 1 saturated carbocycles. The van der Waals surface area contributed by atoms with Crippen molar-refractivity contribution in [3.8, 4) is 0 Å². The lowest BCUT2D eigenvalue weighted by Gasteiger charge is -2.22. The summed E-state index contributed by atoms with van der Waals surface area (Å²) in [4.78, 5) is 14.0. The Morgan fingerprint density at radius 3 is 2.56 bits per heavy atom. The molecule has 2 rings (SSSR count). The molecule has 3 heteroatoms. The molecule has 0 bridgehead atoms. The number of hydrogen-bond donors (Lipinski definition) is 0. The van der Waals surface area contributed by atoms with Crippen molar-refractivity contribution in [3.63, 3.8) is 0 Å². The number of carbonyl (C=O) groups excluding carboxylic acids is 1. The quantitative estimate of drug-likeness (QED) is 0.761. The van der Waals surface area contributed by atoms with E-state index in [1.807, 2.05) is 36.2 Å². The SMILES string of the molecule is CN(C(=O)C1CCCC1)c1ccccc1I. The van der Waals surface area contributed by atoms with Crippen molar-refractivity contribution in [2.45, 2.75) is 25.7 Å². The molecule has 0 unspecified atom stereocenters. The fourth-order valence-electron chi connectivity index (χ4n) is 2.29. The van der Waals surface area contributed by atoms with Crippen molar-refractivity contribution in [1.82, 2.24) is 0 Å². The van der Waals surface area contributed by atoms with Gasteiger partial charge in [0, 0.05) is 16.5 Å². The van der Waals surface area contributed by atoms with Gasteiger partial charge in [-0.2, -0.15) is 0 Å². The summed E-state index contributed by atoms with van der Waals surface area (Å²) in [6.07, 6.45) is 4.53. The first kappa shape index (κ1) is 11.9. The molecule has 0 aliphatic heterocycles. The highest BCUT2D eigenvalue weighted by Gasteiger charge is 2.26. The predicted molar refractivity (Wildman–Crippen MR) is 74.5 cm³/mol. The van der Waals surface area contributed by atoms with Gasteiger partial charge in [-0.15, -0.1) is 0 Å². The van der Waals surface area contributed by atoms with Crippen LogP contribution in [0.25, 0.3) is 0 Å². The molecule has 0 aromatic heterocycles. The fourth-order valence-corrected chi connectivity index (χ4v) is 3.04. The fraction of sp³-hybridized carbons (Fsp3) is 0.462. The van der Waals surface area contributed by atoms with E-state index in [1.54, 1.807) is 0 Å². The molecule has 1 amide bonds. The molecular weight excluding hydrogens is 313 g/mol. The van der Waals surface area contributed by atoms with Crippen LogP contribution in [-0.2, 0) is 4.79 Å². The number of para-hydroxylation sites is 1. The van der Waals surface area contributed by atoms with Crippen molar-refractivity contribution >= 4 is 34.2 Å². The third kappa shape index (κ3) is 2.39. The maximum atomic E-state index is 12.2. The average molecular weight is 329 g/mol. The largest absolute Gasteiger partial charge is 0.314 e. The van der Waals surface area contributed by atoms with E-state index in [0.717, 1.165) is 22.1 Å². The van der Waals surface area contributed by atoms with E-state index in [-0.39, 0.29) is 11.8 Å². The van der Waals surface area contributed by atoms with Crippen LogP contribution in [-0.4, -0.2) is 13.0 Å². The van der Waals surface area contributed by atoms with E-state index >= 15 is 0 Å². The first-order chi connectivity index (χ1) is 7.70. The van der Waals surface area contributed by atoms with Crippen LogP contribution < -0.4 is 4.90 Å². The minimum Gasteiger partial charge on any atom is -0.314 e. The maximum absolute atomic E-state index is 12.2. The summed E-state index contributed by atoms with van der Waals surface area (Å²) < 4.78 is 1.13. The molecule has 0 saturated heterocycles. The Bertz CT molecular complexity index is 385. The number of anilines is 1. The minimum atomic E-state index is 0.251. The summed E-state index contributed by atoms with van der Waals surface area (Å²) >= 11 is 2.28. The molecule has 0 atom stereocenters. The van der Waals surface area contributed by atoms with Crippen LogP contribution >= 0.6 is 22.6 Å². The zero-order valence-corrected chi connectivity index (χ0v) is 11.6. The number of nitrogens with zero attached hydrogens (tertiary/aromatic N) is 1. The van der Waals surface area contributed by atoms with Gasteiger partial charge in [0.15, 0.2) is 0 Å². The molecule has 1 aliphatic rings. The van der Waals surface area contributed by atoms with Crippen LogP contribution in [0.3, 0.4) is 0 Å². The molecule has 0 heterocycles. The molecule has 2 nitrogen and oxygen atoms in total. The Morgan fingerprint density at radius 1 is 1.31 bits per heavy atom. The van der Waals surface area contributed by atoms with Crippen molar-refractivity contribution in [2.75, 3.05) is 11.9 Å². The lowest BCUT2D eigenvalue weighted by atomic mass is 10.1. The van der Waals surface area contributed by atoms with Gasteiger partial charge in [-0.05, 0) is 47.6 Å². The van der Waals surface area contributed by atoms with E-state index in [4.69, 9.17) is 0 Å². The molecule has 1 aromatic rings. The summed E-state index contributed by atoms with van der Waals surface area (Å²) in [7, 11) is 1.89. The number of benzene rings is 1. The highest BCUT2D eigenvalue weighted by molar-refractivity contribution is 14.1. The average Bonchev–Trinajstić information content (AvgIpc) is 2.81. The standard InChI is InChI=1S/C13H16INO/c1-15(12-9-5-4-8-11(12)14)13(16)10-6-2-3-7-10/h4-5,8-10H,2-3,6-7H2,1H3. The molecule has 1 aliphatic carbocycles. The predicted octanol–water partition coefficient (Wildman–Crippen LogP) is 3.44. The maximum Gasteiger partial charge on any atom is 0.229 e. The van der Waals surface area contributed by atoms with Gasteiger partial charge in [-0.1, -0.05) is 25.0 Å². The summed E-state index contributed by atoms with van der Waals surface area (Å²) in [5.41, 5.74) is 1.03. The van der Waals surface area contributed by atoms with Crippen molar-refractivity contribution in [2.24, 2.45) is 5.92 Å². The van der Waals surface area contributed by atoms with Crippen LogP contribution in [0.2, 0.25) is 0 Å². The second-order valence-electron chi connectivity index (χ2n) is 4.33. The zero-order valence-electron chi connectivity index (χ0n) is 9.45.